The molecule has 330 valence electrons. The van der Waals surface area contributed by atoms with E-state index >= 15 is 0 Å². The summed E-state index contributed by atoms with van der Waals surface area (Å²) in [7, 11) is 1.45. The van der Waals surface area contributed by atoms with E-state index in [0.29, 0.717) is 76.5 Å². The summed E-state index contributed by atoms with van der Waals surface area (Å²) in [5, 5.41) is 14.6. The van der Waals surface area contributed by atoms with Crippen molar-refractivity contribution in [3.05, 3.63) is 82.5 Å². The molecule has 6 aromatic rings. The number of anilines is 2. The van der Waals surface area contributed by atoms with Crippen molar-refractivity contribution in [1.82, 2.24) is 38.7 Å². The number of carbonyl (C=O) groups excluding carboxylic acids is 5. The molecule has 0 atom stereocenters. The van der Waals surface area contributed by atoms with Gasteiger partial charge in [0.15, 0.2) is 0 Å². The number of rotatable bonds is 17. The van der Waals surface area contributed by atoms with E-state index in [9.17, 15) is 24.0 Å². The number of primary amides is 2. The molecule has 20 nitrogen and oxygen atoms in total. The number of fused-ring (bicyclic) bond motifs is 2. The molecular formula is C43H50N12O8. The number of allylic oxidation sites excluding steroid dienone is 2. The van der Waals surface area contributed by atoms with Crippen molar-refractivity contribution < 1.29 is 38.2 Å². The van der Waals surface area contributed by atoms with E-state index in [4.69, 9.17) is 30.7 Å². The van der Waals surface area contributed by atoms with Crippen molar-refractivity contribution in [2.75, 3.05) is 17.7 Å². The Balaban J connectivity index is 1.27. The topological polar surface area (TPSA) is 260 Å². The van der Waals surface area contributed by atoms with E-state index in [2.05, 4.69) is 25.8 Å². The number of nitrogens with one attached hydrogen (secondary N) is 2. The summed E-state index contributed by atoms with van der Waals surface area (Å²) >= 11 is 0. The highest BCUT2D eigenvalue weighted by Gasteiger charge is 2.38. The maximum atomic E-state index is 13.8. The molecule has 1 aliphatic rings. The Labute approximate surface area is 361 Å². The van der Waals surface area contributed by atoms with Crippen molar-refractivity contribution in [2.24, 2.45) is 17.4 Å². The fourth-order valence-electron chi connectivity index (χ4n) is 7.53. The molecule has 1 fully saturated rings. The second kappa shape index (κ2) is 17.8. The Kier molecular flexibility index (Phi) is 12.3. The van der Waals surface area contributed by atoms with Crippen molar-refractivity contribution in [3.8, 4) is 11.5 Å². The first-order valence-electron chi connectivity index (χ1n) is 20.5. The van der Waals surface area contributed by atoms with Crippen LogP contribution in [0.5, 0.6) is 11.5 Å². The number of nitrogens with zero attached hydrogens (tertiary/aromatic N) is 8. The lowest BCUT2D eigenvalue weighted by Gasteiger charge is -2.34. The number of amides is 4. The number of nitrogens with two attached hydrogens (primary N) is 2. The molecule has 0 unspecified atom stereocenters. The quantitative estimate of drug-likeness (QED) is 0.0730. The van der Waals surface area contributed by atoms with Gasteiger partial charge in [-0.05, 0) is 90.8 Å². The standard InChI is InChI=1S/C43H50N12O8/c1-8-54-31(14-23(5)50-54)39(58)48-42-46-29-18-25(37(44)56)20-33(61-7)35(29)52(42)12-10-11-13-53-36-30(47-43(53)49-40(59)32-15-24(6)51-55(32)9-2)19-26(38(45)57)21-34(36)63-28-16-27(17-28)41(60)62-22(3)4/h10-11,14-15,18-22,27-28H,8-9,12-13,16-17H2,1-7H3,(H2,44,56)(H2,45,57)(H,46,48,58)(H,47,49,59)/b11-10+. The molecule has 7 rings (SSSR count). The maximum Gasteiger partial charge on any atom is 0.309 e. The third-order valence-electron chi connectivity index (χ3n) is 10.5. The average Bonchev–Trinajstić information content (AvgIpc) is 3.98. The number of imidazole rings is 2. The van der Waals surface area contributed by atoms with Crippen LogP contribution in [-0.2, 0) is 35.7 Å². The Morgan fingerprint density at radius 2 is 1.21 bits per heavy atom. The molecule has 2 aromatic carbocycles. The third kappa shape index (κ3) is 8.95. The number of ether oxygens (including phenoxy) is 3. The van der Waals surface area contributed by atoms with E-state index in [-0.39, 0.29) is 66.0 Å². The van der Waals surface area contributed by atoms with Gasteiger partial charge in [-0.3, -0.25) is 44.0 Å². The van der Waals surface area contributed by atoms with Gasteiger partial charge in [0.05, 0.1) is 41.6 Å². The molecule has 0 bridgehead atoms. The summed E-state index contributed by atoms with van der Waals surface area (Å²) in [4.78, 5) is 74.4. The highest BCUT2D eigenvalue weighted by atomic mass is 16.5. The summed E-state index contributed by atoms with van der Waals surface area (Å²) in [6.07, 6.45) is 3.80. The highest BCUT2D eigenvalue weighted by Crippen LogP contribution is 2.38. The second-order valence-corrected chi connectivity index (χ2v) is 15.5. The number of carbonyl (C=O) groups is 5. The fraction of sp³-hybridized carbons (Fsp3) is 0.372. The van der Waals surface area contributed by atoms with Crippen LogP contribution in [0.25, 0.3) is 22.1 Å². The lowest BCUT2D eigenvalue weighted by Crippen LogP contribution is -2.39. The lowest BCUT2D eigenvalue weighted by molar-refractivity contribution is -0.158. The van der Waals surface area contributed by atoms with Gasteiger partial charge in [0.2, 0.25) is 23.7 Å². The monoisotopic (exact) mass is 862 g/mol. The summed E-state index contributed by atoms with van der Waals surface area (Å²) in [6.45, 7) is 12.1. The Morgan fingerprint density at radius 3 is 1.63 bits per heavy atom. The molecule has 4 amide bonds. The number of hydrogen-bond donors (Lipinski definition) is 4. The number of esters is 1. The van der Waals surface area contributed by atoms with E-state index in [1.54, 1.807) is 58.3 Å². The van der Waals surface area contributed by atoms with Crippen molar-refractivity contribution in [1.29, 1.82) is 0 Å². The minimum atomic E-state index is -0.709. The summed E-state index contributed by atoms with van der Waals surface area (Å²) < 4.78 is 24.2. The van der Waals surface area contributed by atoms with Gasteiger partial charge < -0.3 is 34.8 Å². The molecule has 0 aliphatic heterocycles. The molecular weight excluding hydrogens is 813 g/mol. The minimum Gasteiger partial charge on any atom is -0.494 e. The zero-order chi connectivity index (χ0) is 45.3. The molecule has 1 saturated carbocycles. The number of aryl methyl sites for hydroxylation is 4. The van der Waals surface area contributed by atoms with E-state index in [1.807, 2.05) is 26.0 Å². The molecule has 0 spiro atoms. The Hall–Kier alpha value is -7.51. The molecule has 4 aromatic heterocycles. The van der Waals surface area contributed by atoms with E-state index < -0.39 is 23.6 Å². The van der Waals surface area contributed by atoms with Crippen LogP contribution >= 0.6 is 0 Å². The predicted octanol–water partition coefficient (Wildman–Crippen LogP) is 4.51. The first kappa shape index (κ1) is 43.6. The number of methoxy groups -OCH3 is 1. The third-order valence-corrected chi connectivity index (χ3v) is 10.5. The Morgan fingerprint density at radius 1 is 0.746 bits per heavy atom. The minimum absolute atomic E-state index is 0.116. The van der Waals surface area contributed by atoms with Crippen molar-refractivity contribution in [3.63, 3.8) is 0 Å². The molecule has 20 heteroatoms. The molecule has 6 N–H and O–H groups in total. The zero-order valence-electron chi connectivity index (χ0n) is 36.1. The van der Waals surface area contributed by atoms with Crippen LogP contribution in [0.15, 0.2) is 48.6 Å². The van der Waals surface area contributed by atoms with Crippen LogP contribution in [0.2, 0.25) is 0 Å². The highest BCUT2D eigenvalue weighted by molar-refractivity contribution is 6.05. The SMILES string of the molecule is CCn1nc(C)cc1C(=O)Nc1nc2cc(C(N)=O)cc(OC)c2n1C/C=C/Cn1c(NC(=O)c2cc(C)nn2CC)nc2cc(C(N)=O)cc(OC3CC(C(=O)OC(C)C)C3)c21. The van der Waals surface area contributed by atoms with Crippen LogP contribution in [-0.4, -0.2) is 87.6 Å². The van der Waals surface area contributed by atoms with Gasteiger partial charge in [-0.1, -0.05) is 12.2 Å². The van der Waals surface area contributed by atoms with Gasteiger partial charge in [0.1, 0.15) is 40.0 Å². The van der Waals surface area contributed by atoms with Crippen LogP contribution in [0, 0.1) is 19.8 Å². The molecule has 4 heterocycles. The normalized spacial score (nSPS) is 14.9. The number of hydrogen-bond acceptors (Lipinski definition) is 12. The second-order valence-electron chi connectivity index (χ2n) is 15.5. The van der Waals surface area contributed by atoms with Gasteiger partial charge in [-0.15, -0.1) is 0 Å². The molecule has 1 aliphatic carbocycles. The fourth-order valence-corrected chi connectivity index (χ4v) is 7.53. The van der Waals surface area contributed by atoms with Gasteiger partial charge in [0, 0.05) is 37.3 Å². The molecule has 63 heavy (non-hydrogen) atoms. The van der Waals surface area contributed by atoms with Crippen LogP contribution < -0.4 is 31.6 Å². The zero-order valence-corrected chi connectivity index (χ0v) is 36.1. The number of benzene rings is 2. The Bertz CT molecular complexity index is 2800. The van der Waals surface area contributed by atoms with E-state index in [0.717, 1.165) is 0 Å². The molecule has 0 radical (unpaired) electrons. The van der Waals surface area contributed by atoms with Gasteiger partial charge in [-0.2, -0.15) is 10.2 Å². The van der Waals surface area contributed by atoms with Gasteiger partial charge >= 0.3 is 5.97 Å². The smallest absolute Gasteiger partial charge is 0.309 e. The lowest BCUT2D eigenvalue weighted by atomic mass is 9.82. The van der Waals surface area contributed by atoms with Crippen LogP contribution in [0.3, 0.4) is 0 Å². The summed E-state index contributed by atoms with van der Waals surface area (Å²) in [5.41, 5.74) is 15.3. The van der Waals surface area contributed by atoms with Crippen LogP contribution in [0.1, 0.15) is 93.6 Å². The first-order chi connectivity index (χ1) is 30.1. The number of aromatic nitrogens is 8. The van der Waals surface area contributed by atoms with Crippen LogP contribution in [0.4, 0.5) is 11.9 Å². The van der Waals surface area contributed by atoms with E-state index in [1.165, 1.54) is 31.4 Å². The largest absolute Gasteiger partial charge is 0.494 e. The molecule has 0 saturated heterocycles. The maximum absolute atomic E-state index is 13.8. The average molecular weight is 863 g/mol. The summed E-state index contributed by atoms with van der Waals surface area (Å²) in [6, 6.07) is 9.43. The van der Waals surface area contributed by atoms with Gasteiger partial charge in [0.25, 0.3) is 11.8 Å². The predicted molar refractivity (Wildman–Crippen MR) is 232 cm³/mol. The van der Waals surface area contributed by atoms with Crippen molar-refractivity contribution in [2.45, 2.75) is 92.8 Å². The summed E-state index contributed by atoms with van der Waals surface area (Å²) in [5.74, 6) is -2.06. The first-order valence-corrected chi connectivity index (χ1v) is 20.5. The van der Waals surface area contributed by atoms with Crippen molar-refractivity contribution >= 4 is 63.6 Å². The van der Waals surface area contributed by atoms with Gasteiger partial charge in [-0.25, -0.2) is 9.97 Å².